The molecule has 22 heavy (non-hydrogen) atoms. The van der Waals surface area contributed by atoms with Crippen LogP contribution in [-0.2, 0) is 21.8 Å². The molecule has 0 aliphatic carbocycles. The van der Waals surface area contributed by atoms with Gasteiger partial charge in [-0.2, -0.15) is 5.10 Å². The smallest absolute Gasteiger partial charge is 0.244 e. The van der Waals surface area contributed by atoms with Gasteiger partial charge in [0.1, 0.15) is 4.90 Å². The van der Waals surface area contributed by atoms with Gasteiger partial charge in [-0.1, -0.05) is 0 Å². The van der Waals surface area contributed by atoms with Gasteiger partial charge < -0.3 is 4.74 Å². The third-order valence-electron chi connectivity index (χ3n) is 4.15. The number of piperidine rings is 1. The Morgan fingerprint density at radius 1 is 1.41 bits per heavy atom. The van der Waals surface area contributed by atoms with Gasteiger partial charge in [-0.05, 0) is 33.2 Å². The van der Waals surface area contributed by atoms with Crippen molar-refractivity contribution in [3.8, 4) is 0 Å². The van der Waals surface area contributed by atoms with Crippen molar-refractivity contribution >= 4 is 10.0 Å². The van der Waals surface area contributed by atoms with E-state index >= 15 is 0 Å². The van der Waals surface area contributed by atoms with Crippen LogP contribution in [0.5, 0.6) is 0 Å². The largest absolute Gasteiger partial charge is 0.383 e. The van der Waals surface area contributed by atoms with E-state index < -0.39 is 10.0 Å². The van der Waals surface area contributed by atoms with E-state index in [1.54, 1.807) is 32.7 Å². The highest BCUT2D eigenvalue weighted by atomic mass is 32.2. The van der Waals surface area contributed by atoms with Crippen LogP contribution in [0.15, 0.2) is 4.90 Å². The van der Waals surface area contributed by atoms with Crippen molar-refractivity contribution in [1.82, 2.24) is 19.4 Å². The van der Waals surface area contributed by atoms with Crippen molar-refractivity contribution in [3.63, 3.8) is 0 Å². The molecule has 1 N–H and O–H groups in total. The lowest BCUT2D eigenvalue weighted by molar-refractivity contribution is 0.126. The van der Waals surface area contributed by atoms with Crippen LogP contribution >= 0.6 is 0 Å². The van der Waals surface area contributed by atoms with Crippen LogP contribution in [0.25, 0.3) is 0 Å². The number of likely N-dealkylation sites (tertiary alicyclic amines) is 1. The van der Waals surface area contributed by atoms with Crippen LogP contribution in [-0.4, -0.2) is 62.5 Å². The molecule has 0 saturated carbocycles. The van der Waals surface area contributed by atoms with Crippen molar-refractivity contribution in [2.24, 2.45) is 7.05 Å². The van der Waals surface area contributed by atoms with Gasteiger partial charge in [0.2, 0.25) is 10.0 Å². The molecular weight excluding hydrogens is 304 g/mol. The molecule has 0 aromatic carbocycles. The molecule has 126 valence electrons. The molecule has 0 spiro atoms. The highest BCUT2D eigenvalue weighted by Gasteiger charge is 2.29. The molecule has 1 aromatic rings. The number of ether oxygens (including phenoxy) is 1. The summed E-state index contributed by atoms with van der Waals surface area (Å²) >= 11 is 0. The van der Waals surface area contributed by atoms with Crippen LogP contribution in [0.3, 0.4) is 0 Å². The van der Waals surface area contributed by atoms with Crippen molar-refractivity contribution in [3.05, 3.63) is 11.4 Å². The Morgan fingerprint density at radius 2 is 2.14 bits per heavy atom. The summed E-state index contributed by atoms with van der Waals surface area (Å²) in [7, 11) is -0.0986. The fourth-order valence-electron chi connectivity index (χ4n) is 3.00. The zero-order chi connectivity index (χ0) is 16.3. The molecule has 0 amide bonds. The molecule has 1 saturated heterocycles. The number of aromatic nitrogens is 2. The molecule has 2 rings (SSSR count). The van der Waals surface area contributed by atoms with E-state index in [9.17, 15) is 8.42 Å². The van der Waals surface area contributed by atoms with Gasteiger partial charge >= 0.3 is 0 Å². The second kappa shape index (κ2) is 7.08. The summed E-state index contributed by atoms with van der Waals surface area (Å²) in [6.45, 7) is 6.72. The van der Waals surface area contributed by atoms with Crippen molar-refractivity contribution < 1.29 is 13.2 Å². The van der Waals surface area contributed by atoms with E-state index in [0.717, 1.165) is 32.5 Å². The monoisotopic (exact) mass is 330 g/mol. The second-order valence-corrected chi connectivity index (χ2v) is 7.53. The summed E-state index contributed by atoms with van der Waals surface area (Å²) in [6.07, 6.45) is 1.85. The maximum Gasteiger partial charge on any atom is 0.244 e. The van der Waals surface area contributed by atoms with Crippen LogP contribution in [0, 0.1) is 13.8 Å². The normalized spacial score (nSPS) is 20.5. The van der Waals surface area contributed by atoms with E-state index in [2.05, 4.69) is 14.7 Å². The van der Waals surface area contributed by atoms with Crippen LogP contribution in [0.2, 0.25) is 0 Å². The fourth-order valence-corrected chi connectivity index (χ4v) is 4.70. The minimum absolute atomic E-state index is 0.0605. The van der Waals surface area contributed by atoms with E-state index in [-0.39, 0.29) is 6.04 Å². The number of methoxy groups -OCH3 is 1. The Balaban J connectivity index is 2.08. The third kappa shape index (κ3) is 3.87. The van der Waals surface area contributed by atoms with Gasteiger partial charge in [0.25, 0.3) is 0 Å². The predicted octanol–water partition coefficient (Wildman–Crippen LogP) is 0.426. The first-order valence-corrected chi connectivity index (χ1v) is 9.07. The second-order valence-electron chi connectivity index (χ2n) is 5.88. The van der Waals surface area contributed by atoms with Crippen molar-refractivity contribution in [1.29, 1.82) is 0 Å². The van der Waals surface area contributed by atoms with Crippen LogP contribution in [0.1, 0.15) is 24.2 Å². The molecule has 1 aliphatic heterocycles. The van der Waals surface area contributed by atoms with Gasteiger partial charge in [0.05, 0.1) is 18.0 Å². The SMILES string of the molecule is COCCN1CCC[C@@H](NS(=O)(=O)c2c(C)nn(C)c2C)C1. The molecule has 1 fully saturated rings. The number of rotatable bonds is 6. The molecule has 7 nitrogen and oxygen atoms in total. The van der Waals surface area contributed by atoms with Gasteiger partial charge in [-0.3, -0.25) is 9.58 Å². The quantitative estimate of drug-likeness (QED) is 0.818. The maximum absolute atomic E-state index is 12.7. The fraction of sp³-hybridized carbons (Fsp3) is 0.786. The van der Waals surface area contributed by atoms with Gasteiger partial charge in [0.15, 0.2) is 0 Å². The Bertz CT molecular complexity index is 612. The number of hydrogen-bond acceptors (Lipinski definition) is 5. The number of aryl methyl sites for hydroxylation is 2. The number of nitrogens with zero attached hydrogens (tertiary/aromatic N) is 3. The molecular formula is C14H26N4O3S. The highest BCUT2D eigenvalue weighted by Crippen LogP contribution is 2.20. The first-order valence-electron chi connectivity index (χ1n) is 7.59. The standard InChI is InChI=1S/C14H26N4O3S/c1-11-14(12(2)17(3)15-11)22(19,20)16-13-6-5-7-18(10-13)8-9-21-4/h13,16H,5-10H2,1-4H3/t13-/m1/s1. The summed E-state index contributed by atoms with van der Waals surface area (Å²) in [4.78, 5) is 2.55. The summed E-state index contributed by atoms with van der Waals surface area (Å²) < 4.78 is 34.9. The summed E-state index contributed by atoms with van der Waals surface area (Å²) in [5.74, 6) is 0. The lowest BCUT2D eigenvalue weighted by Gasteiger charge is -2.32. The average Bonchev–Trinajstić information content (AvgIpc) is 2.70. The van der Waals surface area contributed by atoms with Crippen LogP contribution in [0.4, 0.5) is 0 Å². The zero-order valence-corrected chi connectivity index (χ0v) is 14.6. The Kier molecular flexibility index (Phi) is 5.60. The van der Waals surface area contributed by atoms with E-state index in [0.29, 0.717) is 22.9 Å². The van der Waals surface area contributed by atoms with E-state index in [1.165, 1.54) is 0 Å². The highest BCUT2D eigenvalue weighted by molar-refractivity contribution is 7.89. The molecule has 0 radical (unpaired) electrons. The summed E-state index contributed by atoms with van der Waals surface area (Å²) in [5, 5.41) is 4.20. The van der Waals surface area contributed by atoms with Crippen LogP contribution < -0.4 is 4.72 Å². The van der Waals surface area contributed by atoms with Gasteiger partial charge in [0, 0.05) is 33.3 Å². The van der Waals surface area contributed by atoms with Gasteiger partial charge in [-0.15, -0.1) is 0 Å². The van der Waals surface area contributed by atoms with E-state index in [4.69, 9.17) is 4.74 Å². The minimum atomic E-state index is -3.54. The van der Waals surface area contributed by atoms with Crippen molar-refractivity contribution in [2.45, 2.75) is 37.6 Å². The lowest BCUT2D eigenvalue weighted by Crippen LogP contribution is -2.48. The minimum Gasteiger partial charge on any atom is -0.383 e. The Hall–Kier alpha value is -0.960. The Morgan fingerprint density at radius 3 is 2.73 bits per heavy atom. The molecule has 1 aliphatic rings. The summed E-state index contributed by atoms with van der Waals surface area (Å²) in [6, 6.07) is -0.0605. The number of nitrogens with one attached hydrogen (secondary N) is 1. The molecule has 0 bridgehead atoms. The van der Waals surface area contributed by atoms with E-state index in [1.807, 2.05) is 0 Å². The topological polar surface area (TPSA) is 76.5 Å². The first kappa shape index (κ1) is 17.4. The molecule has 0 unspecified atom stereocenters. The lowest BCUT2D eigenvalue weighted by atomic mass is 10.1. The molecule has 8 heteroatoms. The van der Waals surface area contributed by atoms with Crippen molar-refractivity contribution in [2.75, 3.05) is 33.4 Å². The van der Waals surface area contributed by atoms with Gasteiger partial charge in [-0.25, -0.2) is 13.1 Å². The zero-order valence-electron chi connectivity index (χ0n) is 13.8. The summed E-state index contributed by atoms with van der Waals surface area (Å²) in [5.41, 5.74) is 1.21. The number of sulfonamides is 1. The predicted molar refractivity (Wildman–Crippen MR) is 84.3 cm³/mol. The maximum atomic E-state index is 12.7. The average molecular weight is 330 g/mol. The first-order chi connectivity index (χ1) is 10.3. The molecule has 2 heterocycles. The number of hydrogen-bond donors (Lipinski definition) is 1. The molecule has 1 atom stereocenters. The third-order valence-corrected chi connectivity index (χ3v) is 5.92. The Labute approximate surface area is 132 Å². The molecule has 1 aromatic heterocycles.